The Morgan fingerprint density at radius 2 is 1.77 bits per heavy atom. The van der Waals surface area contributed by atoms with Crippen molar-refractivity contribution in [2.45, 2.75) is 0 Å². The quantitative estimate of drug-likeness (QED) is 0.611. The monoisotopic (exact) mass is 195 g/mol. The van der Waals surface area contributed by atoms with Gasteiger partial charge in [0.05, 0.1) is 0 Å². The van der Waals surface area contributed by atoms with Crippen molar-refractivity contribution in [1.29, 1.82) is 0 Å². The molecule has 0 saturated carbocycles. The SMILES string of the molecule is NC(=O)Nc1ccc(C(N)=S)cc1. The van der Waals surface area contributed by atoms with Gasteiger partial charge in [0.25, 0.3) is 0 Å². The molecule has 4 nitrogen and oxygen atoms in total. The Bertz CT molecular complexity index is 334. The largest absolute Gasteiger partial charge is 0.389 e. The zero-order chi connectivity index (χ0) is 9.84. The number of primary amides is 1. The molecular formula is C8H9N3OS. The first-order valence-corrected chi connectivity index (χ1v) is 3.97. The van der Waals surface area contributed by atoms with E-state index in [-0.39, 0.29) is 0 Å². The Balaban J connectivity index is 2.81. The summed E-state index contributed by atoms with van der Waals surface area (Å²) < 4.78 is 0. The summed E-state index contributed by atoms with van der Waals surface area (Å²) in [5.74, 6) is 0. The second kappa shape index (κ2) is 3.86. The van der Waals surface area contributed by atoms with Crippen LogP contribution in [0.5, 0.6) is 0 Å². The smallest absolute Gasteiger partial charge is 0.316 e. The maximum Gasteiger partial charge on any atom is 0.316 e. The van der Waals surface area contributed by atoms with Crippen LogP contribution in [0.3, 0.4) is 0 Å². The number of carbonyl (C=O) groups is 1. The molecule has 13 heavy (non-hydrogen) atoms. The zero-order valence-electron chi connectivity index (χ0n) is 6.78. The number of anilines is 1. The minimum Gasteiger partial charge on any atom is -0.389 e. The molecule has 0 radical (unpaired) electrons. The molecule has 68 valence electrons. The summed E-state index contributed by atoms with van der Waals surface area (Å²) in [6.45, 7) is 0. The van der Waals surface area contributed by atoms with Gasteiger partial charge in [0.1, 0.15) is 4.99 Å². The summed E-state index contributed by atoms with van der Waals surface area (Å²) in [5, 5.41) is 2.43. The van der Waals surface area contributed by atoms with Crippen molar-refractivity contribution in [3.63, 3.8) is 0 Å². The number of nitrogens with two attached hydrogens (primary N) is 2. The first-order valence-electron chi connectivity index (χ1n) is 3.56. The number of hydrogen-bond donors (Lipinski definition) is 3. The van der Waals surface area contributed by atoms with Crippen LogP contribution in [-0.2, 0) is 0 Å². The van der Waals surface area contributed by atoms with Crippen LogP contribution in [0.15, 0.2) is 24.3 Å². The van der Waals surface area contributed by atoms with Gasteiger partial charge < -0.3 is 16.8 Å². The van der Waals surface area contributed by atoms with E-state index < -0.39 is 6.03 Å². The highest BCUT2D eigenvalue weighted by molar-refractivity contribution is 7.80. The van der Waals surface area contributed by atoms with Crippen molar-refractivity contribution in [2.75, 3.05) is 5.32 Å². The molecule has 2 amide bonds. The molecule has 0 fully saturated rings. The molecule has 0 unspecified atom stereocenters. The van der Waals surface area contributed by atoms with Gasteiger partial charge in [0.2, 0.25) is 0 Å². The number of thiocarbonyl (C=S) groups is 1. The van der Waals surface area contributed by atoms with Gasteiger partial charge in [0, 0.05) is 11.3 Å². The van der Waals surface area contributed by atoms with Gasteiger partial charge in [-0.15, -0.1) is 0 Å². The minimum absolute atomic E-state index is 0.325. The Hall–Kier alpha value is -1.62. The number of benzene rings is 1. The Kier molecular flexibility index (Phi) is 2.81. The highest BCUT2D eigenvalue weighted by Crippen LogP contribution is 2.08. The van der Waals surface area contributed by atoms with Crippen molar-refractivity contribution in [2.24, 2.45) is 11.5 Å². The highest BCUT2D eigenvalue weighted by Gasteiger charge is 1.97. The van der Waals surface area contributed by atoms with Crippen LogP contribution < -0.4 is 16.8 Å². The van der Waals surface area contributed by atoms with Gasteiger partial charge in [-0.25, -0.2) is 4.79 Å². The molecule has 1 rings (SSSR count). The van der Waals surface area contributed by atoms with Gasteiger partial charge in [-0.3, -0.25) is 0 Å². The van der Waals surface area contributed by atoms with Gasteiger partial charge >= 0.3 is 6.03 Å². The molecule has 0 spiro atoms. The first kappa shape index (κ1) is 9.47. The number of rotatable bonds is 2. The molecule has 0 bridgehead atoms. The maximum atomic E-state index is 10.4. The molecule has 5 heteroatoms. The average Bonchev–Trinajstić information content (AvgIpc) is 2.04. The molecule has 0 aliphatic rings. The lowest BCUT2D eigenvalue weighted by Crippen LogP contribution is -2.19. The molecule has 0 aliphatic heterocycles. The van der Waals surface area contributed by atoms with Crippen molar-refractivity contribution >= 4 is 28.9 Å². The van der Waals surface area contributed by atoms with E-state index in [9.17, 15) is 4.79 Å². The van der Waals surface area contributed by atoms with Crippen molar-refractivity contribution < 1.29 is 4.79 Å². The summed E-state index contributed by atoms with van der Waals surface area (Å²) in [7, 11) is 0. The van der Waals surface area contributed by atoms with Crippen molar-refractivity contribution in [1.82, 2.24) is 0 Å². The summed E-state index contributed by atoms with van der Waals surface area (Å²) in [5.41, 5.74) is 11.7. The van der Waals surface area contributed by atoms with Gasteiger partial charge in [-0.1, -0.05) is 12.2 Å². The van der Waals surface area contributed by atoms with E-state index in [1.165, 1.54) is 0 Å². The lowest BCUT2D eigenvalue weighted by molar-refractivity contribution is 0.259. The minimum atomic E-state index is -0.594. The van der Waals surface area contributed by atoms with Crippen LogP contribution in [0.2, 0.25) is 0 Å². The molecule has 0 heterocycles. The zero-order valence-corrected chi connectivity index (χ0v) is 7.60. The molecule has 5 N–H and O–H groups in total. The number of amides is 2. The molecule has 0 saturated heterocycles. The van der Waals surface area contributed by atoms with Crippen LogP contribution in [0.25, 0.3) is 0 Å². The normalized spacial score (nSPS) is 9.23. The van der Waals surface area contributed by atoms with E-state index in [0.717, 1.165) is 5.56 Å². The molecule has 1 aromatic carbocycles. The third-order valence-electron chi connectivity index (χ3n) is 1.44. The standard InChI is InChI=1S/C8H9N3OS/c9-7(13)5-1-3-6(4-2-5)11-8(10)12/h1-4H,(H2,9,13)(H3,10,11,12). The third kappa shape index (κ3) is 2.72. The van der Waals surface area contributed by atoms with Gasteiger partial charge in [0.15, 0.2) is 0 Å². The topological polar surface area (TPSA) is 81.1 Å². The maximum absolute atomic E-state index is 10.4. The molecule has 0 atom stereocenters. The second-order valence-corrected chi connectivity index (χ2v) is 2.87. The fraction of sp³-hybridized carbons (Fsp3) is 0. The average molecular weight is 195 g/mol. The summed E-state index contributed by atoms with van der Waals surface area (Å²) in [6, 6.07) is 6.20. The Morgan fingerprint density at radius 1 is 1.23 bits per heavy atom. The predicted octanol–water partition coefficient (Wildman–Crippen LogP) is 0.811. The fourth-order valence-electron chi connectivity index (χ4n) is 0.860. The Morgan fingerprint density at radius 3 is 2.15 bits per heavy atom. The number of nitrogens with one attached hydrogen (secondary N) is 1. The molecule has 0 aliphatic carbocycles. The molecular weight excluding hydrogens is 186 g/mol. The Labute approximate surface area is 80.9 Å². The lowest BCUT2D eigenvalue weighted by Gasteiger charge is -2.02. The van der Waals surface area contributed by atoms with Crippen LogP contribution in [0.1, 0.15) is 5.56 Å². The summed E-state index contributed by atoms with van der Waals surface area (Å²) >= 11 is 4.76. The van der Waals surface area contributed by atoms with Gasteiger partial charge in [-0.2, -0.15) is 0 Å². The van der Waals surface area contributed by atoms with E-state index >= 15 is 0 Å². The van der Waals surface area contributed by atoms with E-state index in [1.807, 2.05) is 0 Å². The predicted molar refractivity (Wildman–Crippen MR) is 55.5 cm³/mol. The van der Waals surface area contributed by atoms with E-state index in [4.69, 9.17) is 23.7 Å². The van der Waals surface area contributed by atoms with Crippen LogP contribution in [-0.4, -0.2) is 11.0 Å². The molecule has 1 aromatic rings. The number of hydrogen-bond acceptors (Lipinski definition) is 2. The van der Waals surface area contributed by atoms with Crippen LogP contribution in [0.4, 0.5) is 10.5 Å². The van der Waals surface area contributed by atoms with E-state index in [0.29, 0.717) is 10.7 Å². The third-order valence-corrected chi connectivity index (χ3v) is 1.67. The highest BCUT2D eigenvalue weighted by atomic mass is 32.1. The molecule has 0 aromatic heterocycles. The summed E-state index contributed by atoms with van der Waals surface area (Å²) in [4.78, 5) is 10.8. The number of urea groups is 1. The second-order valence-electron chi connectivity index (χ2n) is 2.43. The number of carbonyl (C=O) groups excluding carboxylic acids is 1. The van der Waals surface area contributed by atoms with E-state index in [1.54, 1.807) is 24.3 Å². The fourth-order valence-corrected chi connectivity index (χ4v) is 0.996. The van der Waals surface area contributed by atoms with Gasteiger partial charge in [-0.05, 0) is 24.3 Å². The van der Waals surface area contributed by atoms with Crippen molar-refractivity contribution in [3.8, 4) is 0 Å². The summed E-state index contributed by atoms with van der Waals surface area (Å²) in [6.07, 6.45) is 0. The first-order chi connectivity index (χ1) is 6.09. The van der Waals surface area contributed by atoms with E-state index in [2.05, 4.69) is 5.32 Å². The van der Waals surface area contributed by atoms with Crippen LogP contribution in [0, 0.1) is 0 Å². The van der Waals surface area contributed by atoms with Crippen LogP contribution >= 0.6 is 12.2 Å². The lowest BCUT2D eigenvalue weighted by atomic mass is 10.2. The van der Waals surface area contributed by atoms with Crippen molar-refractivity contribution in [3.05, 3.63) is 29.8 Å².